The first-order valence-electron chi connectivity index (χ1n) is 10.3. The summed E-state index contributed by atoms with van der Waals surface area (Å²) >= 11 is 0. The molecule has 1 aromatic rings. The minimum Gasteiger partial charge on any atom is -0.379 e. The molecule has 27 heavy (non-hydrogen) atoms. The van der Waals surface area contributed by atoms with E-state index in [1.165, 1.54) is 0 Å². The Morgan fingerprint density at radius 1 is 1.22 bits per heavy atom. The maximum Gasteiger partial charge on any atom is 0.228 e. The van der Waals surface area contributed by atoms with Crippen LogP contribution in [-0.4, -0.2) is 55.2 Å². The van der Waals surface area contributed by atoms with Crippen molar-refractivity contribution in [2.24, 2.45) is 10.8 Å². The van der Waals surface area contributed by atoms with E-state index in [1.807, 2.05) is 18.5 Å². The second-order valence-corrected chi connectivity index (χ2v) is 8.79. The van der Waals surface area contributed by atoms with Crippen LogP contribution in [0.2, 0.25) is 0 Å². The molecule has 1 spiro atoms. The molecule has 1 aromatic heterocycles. The Balaban J connectivity index is 1.51. The molecular formula is C22H31N3O2. The summed E-state index contributed by atoms with van der Waals surface area (Å²) in [6.07, 6.45) is 13.1. The van der Waals surface area contributed by atoms with Gasteiger partial charge in [0.25, 0.3) is 0 Å². The molecular weight excluding hydrogens is 338 g/mol. The Morgan fingerprint density at radius 3 is 2.93 bits per heavy atom. The van der Waals surface area contributed by atoms with Gasteiger partial charge in [0.05, 0.1) is 30.5 Å². The number of piperidine rings is 1. The first kappa shape index (κ1) is 18.5. The number of nitrogens with zero attached hydrogens (tertiary/aromatic N) is 3. The Morgan fingerprint density at radius 2 is 2.15 bits per heavy atom. The van der Waals surface area contributed by atoms with Gasteiger partial charge in [0, 0.05) is 37.8 Å². The molecule has 5 nitrogen and oxygen atoms in total. The molecule has 3 heterocycles. The van der Waals surface area contributed by atoms with Gasteiger partial charge in [0.15, 0.2) is 0 Å². The van der Waals surface area contributed by atoms with Gasteiger partial charge in [-0.25, -0.2) is 0 Å². The first-order valence-corrected chi connectivity index (χ1v) is 10.3. The highest BCUT2D eigenvalue weighted by Gasteiger charge is 2.44. The molecule has 0 aromatic carbocycles. The predicted octanol–water partition coefficient (Wildman–Crippen LogP) is 3.27. The lowest BCUT2D eigenvalue weighted by Gasteiger charge is -2.46. The van der Waals surface area contributed by atoms with Crippen LogP contribution in [0.3, 0.4) is 0 Å². The molecule has 5 heteroatoms. The number of allylic oxidation sites excluding steroid dienone is 2. The normalized spacial score (nSPS) is 31.7. The molecule has 0 N–H and O–H groups in total. The average Bonchev–Trinajstić information content (AvgIpc) is 2.91. The van der Waals surface area contributed by atoms with E-state index in [0.717, 1.165) is 77.2 Å². The third-order valence-corrected chi connectivity index (χ3v) is 6.51. The summed E-state index contributed by atoms with van der Waals surface area (Å²) < 4.78 is 6.03. The van der Waals surface area contributed by atoms with Crippen LogP contribution in [0.4, 0.5) is 5.69 Å². The molecule has 4 rings (SSSR count). The highest BCUT2D eigenvalue weighted by atomic mass is 16.5. The summed E-state index contributed by atoms with van der Waals surface area (Å²) in [6.45, 7) is 7.11. The first-order chi connectivity index (χ1) is 13.1. The minimum atomic E-state index is -0.234. The van der Waals surface area contributed by atoms with Crippen LogP contribution in [0.15, 0.2) is 36.7 Å². The van der Waals surface area contributed by atoms with Crippen LogP contribution < -0.4 is 4.90 Å². The molecule has 2 atom stereocenters. The lowest BCUT2D eigenvalue weighted by atomic mass is 9.75. The van der Waals surface area contributed by atoms with Crippen LogP contribution in [0.25, 0.3) is 0 Å². The zero-order chi connectivity index (χ0) is 18.7. The van der Waals surface area contributed by atoms with E-state index in [4.69, 9.17) is 4.74 Å². The topological polar surface area (TPSA) is 45.7 Å². The molecule has 2 fully saturated rings. The van der Waals surface area contributed by atoms with Crippen molar-refractivity contribution in [3.8, 4) is 0 Å². The van der Waals surface area contributed by atoms with E-state index in [0.29, 0.717) is 5.91 Å². The quantitative estimate of drug-likeness (QED) is 0.751. The summed E-state index contributed by atoms with van der Waals surface area (Å²) in [4.78, 5) is 22.2. The van der Waals surface area contributed by atoms with Crippen LogP contribution in [0.5, 0.6) is 0 Å². The van der Waals surface area contributed by atoms with E-state index in [-0.39, 0.29) is 10.8 Å². The smallest absolute Gasteiger partial charge is 0.228 e. The SMILES string of the molecule is CC1(C(=O)N2CCCC3(COCCN(c4cccnc4)C3)C2)CC=CCC1. The van der Waals surface area contributed by atoms with Crippen molar-refractivity contribution in [3.05, 3.63) is 36.7 Å². The van der Waals surface area contributed by atoms with Gasteiger partial charge in [-0.15, -0.1) is 0 Å². The molecule has 0 bridgehead atoms. The van der Waals surface area contributed by atoms with E-state index >= 15 is 0 Å². The largest absolute Gasteiger partial charge is 0.379 e. The molecule has 2 unspecified atom stereocenters. The number of ether oxygens (including phenoxy) is 1. The number of anilines is 1. The second-order valence-electron chi connectivity index (χ2n) is 8.79. The maximum absolute atomic E-state index is 13.4. The number of hydrogen-bond acceptors (Lipinski definition) is 4. The fraction of sp³-hybridized carbons (Fsp3) is 0.636. The summed E-state index contributed by atoms with van der Waals surface area (Å²) in [6, 6.07) is 4.11. The molecule has 2 saturated heterocycles. The number of carbonyl (C=O) groups excluding carboxylic acids is 1. The van der Waals surface area contributed by atoms with Crippen molar-refractivity contribution >= 4 is 11.6 Å². The monoisotopic (exact) mass is 369 g/mol. The number of likely N-dealkylation sites (tertiary alicyclic amines) is 1. The van der Waals surface area contributed by atoms with Crippen molar-refractivity contribution in [2.45, 2.75) is 39.0 Å². The number of amides is 1. The molecule has 3 aliphatic rings. The van der Waals surface area contributed by atoms with E-state index in [2.05, 4.69) is 39.9 Å². The van der Waals surface area contributed by atoms with Gasteiger partial charge < -0.3 is 14.5 Å². The van der Waals surface area contributed by atoms with Gasteiger partial charge in [0.1, 0.15) is 0 Å². The minimum absolute atomic E-state index is 0.0150. The maximum atomic E-state index is 13.4. The predicted molar refractivity (Wildman–Crippen MR) is 107 cm³/mol. The molecule has 146 valence electrons. The van der Waals surface area contributed by atoms with Crippen molar-refractivity contribution in [1.82, 2.24) is 9.88 Å². The number of carbonyl (C=O) groups is 1. The van der Waals surface area contributed by atoms with E-state index < -0.39 is 0 Å². The van der Waals surface area contributed by atoms with Crippen LogP contribution in [0, 0.1) is 10.8 Å². The third kappa shape index (κ3) is 3.88. The second kappa shape index (κ2) is 7.63. The number of pyridine rings is 1. The van der Waals surface area contributed by atoms with Gasteiger partial charge in [0.2, 0.25) is 5.91 Å². The van der Waals surface area contributed by atoms with Gasteiger partial charge in [-0.3, -0.25) is 9.78 Å². The highest BCUT2D eigenvalue weighted by Crippen LogP contribution is 2.39. The van der Waals surface area contributed by atoms with Crippen LogP contribution >= 0.6 is 0 Å². The lowest BCUT2D eigenvalue weighted by Crippen LogP contribution is -2.55. The summed E-state index contributed by atoms with van der Waals surface area (Å²) in [5, 5.41) is 0. The molecule has 0 radical (unpaired) electrons. The van der Waals surface area contributed by atoms with Crippen molar-refractivity contribution in [2.75, 3.05) is 44.3 Å². The number of rotatable bonds is 2. The number of hydrogen-bond donors (Lipinski definition) is 0. The summed E-state index contributed by atoms with van der Waals surface area (Å²) in [7, 11) is 0. The van der Waals surface area contributed by atoms with Gasteiger partial charge in [-0.05, 0) is 44.2 Å². The average molecular weight is 370 g/mol. The highest BCUT2D eigenvalue weighted by molar-refractivity contribution is 5.83. The Hall–Kier alpha value is -1.88. The van der Waals surface area contributed by atoms with E-state index in [1.54, 1.807) is 0 Å². The van der Waals surface area contributed by atoms with Gasteiger partial charge >= 0.3 is 0 Å². The fourth-order valence-corrected chi connectivity index (χ4v) is 4.92. The van der Waals surface area contributed by atoms with E-state index in [9.17, 15) is 4.79 Å². The van der Waals surface area contributed by atoms with Crippen molar-refractivity contribution in [3.63, 3.8) is 0 Å². The van der Waals surface area contributed by atoms with Crippen molar-refractivity contribution in [1.29, 1.82) is 0 Å². The number of aromatic nitrogens is 1. The molecule has 0 saturated carbocycles. The Kier molecular flexibility index (Phi) is 5.22. The van der Waals surface area contributed by atoms with Gasteiger partial charge in [-0.1, -0.05) is 19.1 Å². The summed E-state index contributed by atoms with van der Waals surface area (Å²) in [5.74, 6) is 0.336. The molecule has 2 aliphatic heterocycles. The lowest BCUT2D eigenvalue weighted by molar-refractivity contribution is -0.146. The Bertz CT molecular complexity index is 692. The standard InChI is InChI=1S/C22H31N3O2/c1-21(8-3-2-4-9-21)20(26)25-12-6-10-22(17-25)16-24(13-14-27-18-22)19-7-5-11-23-15-19/h2-3,5,7,11,15H,4,6,8-10,12-14,16-18H2,1H3. The molecule has 1 aliphatic carbocycles. The van der Waals surface area contributed by atoms with Crippen LogP contribution in [0.1, 0.15) is 39.0 Å². The third-order valence-electron chi connectivity index (χ3n) is 6.51. The Labute approximate surface area is 162 Å². The van der Waals surface area contributed by atoms with Crippen LogP contribution in [-0.2, 0) is 9.53 Å². The zero-order valence-electron chi connectivity index (χ0n) is 16.4. The fourth-order valence-electron chi connectivity index (χ4n) is 4.92. The van der Waals surface area contributed by atoms with Crippen molar-refractivity contribution < 1.29 is 9.53 Å². The zero-order valence-corrected chi connectivity index (χ0v) is 16.4. The summed E-state index contributed by atoms with van der Waals surface area (Å²) in [5.41, 5.74) is 0.929. The molecule has 1 amide bonds. The van der Waals surface area contributed by atoms with Gasteiger partial charge in [-0.2, -0.15) is 0 Å².